The number of benzene rings is 4. The smallest absolute Gasteiger partial charge is 0.152 e. The first-order chi connectivity index (χ1) is 28.6. The fourth-order valence-electron chi connectivity index (χ4n) is 11.3. The van der Waals surface area contributed by atoms with Crippen molar-refractivity contribution in [3.8, 4) is 11.4 Å². The van der Waals surface area contributed by atoms with Crippen molar-refractivity contribution in [1.82, 2.24) is 14.5 Å². The Labute approximate surface area is 340 Å². The van der Waals surface area contributed by atoms with Gasteiger partial charge in [-0.05, 0) is 129 Å². The lowest BCUT2D eigenvalue weighted by atomic mass is 9.81. The largest absolute Gasteiger partial charge is 0.361 e. The number of rotatable bonds is 6. The Balaban J connectivity index is 1.08. The molecule has 4 atom stereocenters. The van der Waals surface area contributed by atoms with E-state index in [0.717, 1.165) is 49.1 Å². The zero-order valence-electron chi connectivity index (χ0n) is 33.2. The molecule has 1 N–H and O–H groups in total. The van der Waals surface area contributed by atoms with E-state index in [1.165, 1.54) is 80.2 Å². The minimum atomic E-state index is -0.575. The van der Waals surface area contributed by atoms with Crippen LogP contribution in [0.1, 0.15) is 68.7 Å². The van der Waals surface area contributed by atoms with Crippen molar-refractivity contribution < 1.29 is 0 Å². The third-order valence-electron chi connectivity index (χ3n) is 14.0. The Morgan fingerprint density at radius 1 is 0.707 bits per heavy atom. The summed E-state index contributed by atoms with van der Waals surface area (Å²) >= 11 is 0. The van der Waals surface area contributed by atoms with Gasteiger partial charge >= 0.3 is 0 Å². The molecular weight excluding hydrogens is 705 g/mol. The molecule has 0 spiro atoms. The van der Waals surface area contributed by atoms with Crippen LogP contribution < -0.4 is 5.32 Å². The predicted molar refractivity (Wildman–Crippen MR) is 242 cm³/mol. The fraction of sp³-hybridized carbons (Fsp3) is 0.241. The normalized spacial score (nSPS) is 24.8. The van der Waals surface area contributed by atoms with Crippen molar-refractivity contribution in [2.75, 3.05) is 0 Å². The lowest BCUT2D eigenvalue weighted by molar-refractivity contribution is 0.402. The van der Waals surface area contributed by atoms with Crippen LogP contribution in [0.2, 0.25) is 0 Å². The molecule has 1 fully saturated rings. The van der Waals surface area contributed by atoms with Crippen LogP contribution in [0.4, 0.5) is 0 Å². The summed E-state index contributed by atoms with van der Waals surface area (Å²) in [7, 11) is 0. The minimum absolute atomic E-state index is 0.443. The maximum Gasteiger partial charge on any atom is 0.152 e. The molecule has 4 heteroatoms. The average molecular weight is 753 g/mol. The zero-order chi connectivity index (χ0) is 38.4. The third-order valence-corrected chi connectivity index (χ3v) is 14.0. The SMILES string of the molecule is CC1(C2=CCCC=C2)N=C(c2cc(-n3c4c(c5ccccc53)C=CCC4)cc(-n3c4ccccc4c4ccccc43)c2)C=C(C2CC3CC2C=C3C2=CC=CCC2)N1. The molecule has 12 rings (SSSR count). The molecule has 6 aliphatic rings. The van der Waals surface area contributed by atoms with Gasteiger partial charge in [-0.1, -0.05) is 109 Å². The van der Waals surface area contributed by atoms with Crippen molar-refractivity contribution in [1.29, 1.82) is 0 Å². The van der Waals surface area contributed by atoms with Crippen LogP contribution in [0.5, 0.6) is 0 Å². The number of para-hydroxylation sites is 3. The van der Waals surface area contributed by atoms with E-state index in [2.05, 4.69) is 173 Å². The maximum absolute atomic E-state index is 5.75. The van der Waals surface area contributed by atoms with E-state index in [1.807, 2.05) is 0 Å². The Morgan fingerprint density at radius 2 is 1.41 bits per heavy atom. The second-order valence-corrected chi connectivity index (χ2v) is 17.4. The maximum atomic E-state index is 5.75. The van der Waals surface area contributed by atoms with Gasteiger partial charge in [-0.2, -0.15) is 0 Å². The summed E-state index contributed by atoms with van der Waals surface area (Å²) in [6, 6.07) is 33.9. The summed E-state index contributed by atoms with van der Waals surface area (Å²) in [5.41, 5.74) is 16.2. The Kier molecular flexibility index (Phi) is 7.73. The van der Waals surface area contributed by atoms with Crippen molar-refractivity contribution in [2.45, 2.75) is 64.0 Å². The first-order valence-electron chi connectivity index (χ1n) is 21.6. The second kappa shape index (κ2) is 13.2. The molecule has 4 aromatic carbocycles. The van der Waals surface area contributed by atoms with E-state index in [-0.39, 0.29) is 0 Å². The lowest BCUT2D eigenvalue weighted by Gasteiger charge is -2.39. The highest BCUT2D eigenvalue weighted by atomic mass is 15.2. The molecule has 1 saturated carbocycles. The molecule has 284 valence electrons. The Hall–Kier alpha value is -6.13. The molecule has 4 unspecified atom stereocenters. The van der Waals surface area contributed by atoms with Crippen LogP contribution >= 0.6 is 0 Å². The Morgan fingerprint density at radius 3 is 2.12 bits per heavy atom. The van der Waals surface area contributed by atoms with Gasteiger partial charge in [0, 0.05) is 56.0 Å². The molecule has 2 aromatic heterocycles. The number of hydrogen-bond acceptors (Lipinski definition) is 2. The molecule has 5 aliphatic carbocycles. The van der Waals surface area contributed by atoms with Gasteiger partial charge in [0.15, 0.2) is 5.66 Å². The number of hydrogen-bond donors (Lipinski definition) is 1. The first kappa shape index (κ1) is 34.0. The number of aliphatic imine (C=N–C) groups is 1. The molecule has 6 aromatic rings. The predicted octanol–water partition coefficient (Wildman–Crippen LogP) is 12.8. The summed E-state index contributed by atoms with van der Waals surface area (Å²) in [6.45, 7) is 2.30. The zero-order valence-corrected chi connectivity index (χ0v) is 33.2. The first-order valence-corrected chi connectivity index (χ1v) is 21.6. The van der Waals surface area contributed by atoms with Crippen molar-refractivity contribution in [2.24, 2.45) is 22.7 Å². The van der Waals surface area contributed by atoms with Gasteiger partial charge in [0.1, 0.15) is 0 Å². The van der Waals surface area contributed by atoms with E-state index < -0.39 is 5.66 Å². The quantitative estimate of drug-likeness (QED) is 0.181. The van der Waals surface area contributed by atoms with Crippen molar-refractivity contribution in [3.63, 3.8) is 0 Å². The van der Waals surface area contributed by atoms with Gasteiger partial charge in [0.05, 0.1) is 22.3 Å². The number of fused-ring (bicyclic) bond motifs is 8. The van der Waals surface area contributed by atoms with E-state index in [1.54, 1.807) is 11.1 Å². The van der Waals surface area contributed by atoms with Gasteiger partial charge in [0.2, 0.25) is 0 Å². The van der Waals surface area contributed by atoms with Gasteiger partial charge in [-0.15, -0.1) is 0 Å². The molecule has 0 saturated heterocycles. The number of nitrogens with zero attached hydrogens (tertiary/aromatic N) is 3. The van der Waals surface area contributed by atoms with Gasteiger partial charge in [-0.3, -0.25) is 4.99 Å². The molecule has 3 heterocycles. The number of allylic oxidation sites excluding steroid dienone is 11. The monoisotopic (exact) mass is 752 g/mol. The van der Waals surface area contributed by atoms with E-state index in [4.69, 9.17) is 4.99 Å². The molecular formula is C54H48N4. The molecule has 1 aliphatic heterocycles. The number of nitrogens with one attached hydrogen (secondary N) is 1. The minimum Gasteiger partial charge on any atom is -0.361 e. The highest BCUT2D eigenvalue weighted by Crippen LogP contribution is 2.53. The topological polar surface area (TPSA) is 34.2 Å². The van der Waals surface area contributed by atoms with Gasteiger partial charge in [-0.25, -0.2) is 0 Å². The highest BCUT2D eigenvalue weighted by Gasteiger charge is 2.45. The van der Waals surface area contributed by atoms with Gasteiger partial charge in [0.25, 0.3) is 0 Å². The molecule has 58 heavy (non-hydrogen) atoms. The summed E-state index contributed by atoms with van der Waals surface area (Å²) in [5.74, 6) is 1.61. The fourth-order valence-corrected chi connectivity index (χ4v) is 11.3. The van der Waals surface area contributed by atoms with Crippen LogP contribution in [0.25, 0.3) is 50.2 Å². The highest BCUT2D eigenvalue weighted by molar-refractivity contribution is 6.12. The van der Waals surface area contributed by atoms with Crippen molar-refractivity contribution >= 4 is 44.5 Å². The van der Waals surface area contributed by atoms with Crippen LogP contribution in [-0.4, -0.2) is 20.5 Å². The molecule has 2 bridgehead atoms. The standard InChI is InChI=1S/C54H48N4/c1-54(39-18-6-3-7-19-39)55-48(34-49(56-54)47-32-36-28-37(47)31-46(36)35-16-4-2-5-17-35)38-29-40(57-50-24-12-8-20-42(50)43-21-9-13-25-51(43)57)33-41(30-38)58-52-26-14-10-22-44(52)45-23-11-15-27-53(45)58/h2,4,6,8-14,16,18-26,29-31,33-34,36-37,47,56H,3,5,7,15,17,27-28,32H2,1H3. The van der Waals surface area contributed by atoms with Gasteiger partial charge < -0.3 is 14.5 Å². The summed E-state index contributed by atoms with van der Waals surface area (Å²) < 4.78 is 5.02. The van der Waals surface area contributed by atoms with Crippen molar-refractivity contribution in [3.05, 3.63) is 185 Å². The lowest BCUT2D eigenvalue weighted by Crippen LogP contribution is -2.47. The van der Waals surface area contributed by atoms with E-state index in [9.17, 15) is 0 Å². The summed E-state index contributed by atoms with van der Waals surface area (Å²) in [4.78, 5) is 5.75. The Bertz CT molecular complexity index is 2910. The molecule has 0 radical (unpaired) electrons. The van der Waals surface area contributed by atoms with Crippen LogP contribution in [-0.2, 0) is 6.42 Å². The van der Waals surface area contributed by atoms with Crippen LogP contribution in [0.15, 0.2) is 173 Å². The second-order valence-electron chi connectivity index (χ2n) is 17.4. The third kappa shape index (κ3) is 5.30. The average Bonchev–Trinajstić information content (AvgIpc) is 4.06. The van der Waals surface area contributed by atoms with Crippen LogP contribution in [0, 0.1) is 17.8 Å². The summed E-state index contributed by atoms with van der Waals surface area (Å²) in [6.07, 6.45) is 32.7. The van der Waals surface area contributed by atoms with E-state index in [0.29, 0.717) is 17.8 Å². The molecule has 4 nitrogen and oxygen atoms in total. The van der Waals surface area contributed by atoms with E-state index >= 15 is 0 Å². The summed E-state index contributed by atoms with van der Waals surface area (Å²) in [5, 5.41) is 7.95. The molecule has 0 amide bonds. The van der Waals surface area contributed by atoms with Crippen LogP contribution in [0.3, 0.4) is 0 Å². The number of aromatic nitrogens is 2.